The smallest absolute Gasteiger partial charge is 0.159 e. The maximum absolute atomic E-state index is 11.1. The number of hydrogen-bond donors (Lipinski definition) is 4. The number of carbonyl (C=O) groups is 1. The molecule has 6 aromatic heterocycles. The molecule has 12 rings (SSSR count). The van der Waals surface area contributed by atoms with Crippen LogP contribution in [0, 0.1) is 45.3 Å². The molecule has 25 heteroatoms. The van der Waals surface area contributed by atoms with Crippen molar-refractivity contribution in [2.75, 3.05) is 64.4 Å². The van der Waals surface area contributed by atoms with Crippen molar-refractivity contribution in [2.24, 2.45) is 28.4 Å². The summed E-state index contributed by atoms with van der Waals surface area (Å²) in [7, 11) is 3.30. The van der Waals surface area contributed by atoms with Crippen LogP contribution >= 0.6 is 23.2 Å². The molecule has 8 heterocycles. The minimum absolute atomic E-state index is 0. The van der Waals surface area contributed by atoms with Gasteiger partial charge in [-0.05, 0) is 208 Å². The molecule has 0 radical (unpaired) electrons. The first-order valence-corrected chi connectivity index (χ1v) is 34.4. The van der Waals surface area contributed by atoms with Crippen LogP contribution in [0.25, 0.3) is 22.5 Å². The number of carbonyl (C=O) groups excluding carboxylic acids is 1. The number of ketones is 1. The first-order valence-electron chi connectivity index (χ1n) is 33.6. The van der Waals surface area contributed by atoms with Crippen molar-refractivity contribution in [3.63, 3.8) is 0 Å². The molecule has 4 aliphatic rings. The van der Waals surface area contributed by atoms with E-state index in [1.807, 2.05) is 89.6 Å². The van der Waals surface area contributed by atoms with Crippen LogP contribution < -0.4 is 31.2 Å². The van der Waals surface area contributed by atoms with E-state index in [0.29, 0.717) is 92.4 Å². The molecule has 23 nitrogen and oxygen atoms in total. The Hall–Kier alpha value is -8.55. The Morgan fingerprint density at radius 3 is 1.53 bits per heavy atom. The molecule has 518 valence electrons. The van der Waals surface area contributed by atoms with Gasteiger partial charge in [-0.1, -0.05) is 67.0 Å². The molecule has 98 heavy (non-hydrogen) atoms. The van der Waals surface area contributed by atoms with E-state index in [1.165, 1.54) is 6.92 Å². The van der Waals surface area contributed by atoms with Crippen molar-refractivity contribution in [3.05, 3.63) is 154 Å². The average molecular weight is 1370 g/mol. The van der Waals surface area contributed by atoms with Crippen LogP contribution in [0.4, 0.5) is 11.6 Å². The summed E-state index contributed by atoms with van der Waals surface area (Å²) in [6, 6.07) is 37.6. The summed E-state index contributed by atoms with van der Waals surface area (Å²) in [6.07, 6.45) is 18.3. The van der Waals surface area contributed by atoms with Gasteiger partial charge >= 0.3 is 0 Å². The normalized spacial score (nSPS) is 18.9. The second kappa shape index (κ2) is 36.3. The van der Waals surface area contributed by atoms with Crippen molar-refractivity contribution in [3.8, 4) is 46.2 Å². The Morgan fingerprint density at radius 1 is 0.653 bits per heavy atom. The maximum atomic E-state index is 11.1. The van der Waals surface area contributed by atoms with Crippen LogP contribution in [-0.2, 0) is 53.0 Å². The number of aromatic nitrogens is 12. The summed E-state index contributed by atoms with van der Waals surface area (Å²) in [5.74, 6) is 5.82. The number of nitriles is 2. The standard InChI is InChI=1S/C36H44ClN9O2.C24H30ClN5O.C12H14N4O2.CH4/c1-25(18-35-43-44-45-46(35)22-27-8-12-30(47-2)13-9-27)41-28-10-6-26(7-11-28)19-29-20-31(32(37)21-39-29)33-4-3-5-34(42-33)40-24-36(23-38)14-16-48-17-15-36;25-21-14-28-19(12-17-4-6-18(27)7-5-17)13-20(21)22-2-1-3-23(30-22)29-16-24(15-26)8-10-31-11-9-24;1-9(17)7-12-13-14-15-16(12)8-10-3-5-11(18-2)6-4-10;/h3-5,8-9,12-13,20-21,25-26,28,41H,6-7,10-11,14-19,22,24H2,1-2H3,(H,40,42);1-3,13-14,17-18H,4-12,16,27H2,(H,29,30);3-6H,7-8H2,1-2H3;1H4. The van der Waals surface area contributed by atoms with E-state index in [9.17, 15) is 15.3 Å². The third kappa shape index (κ3) is 21.2. The molecular formula is C73H92Cl2N18O5. The van der Waals surface area contributed by atoms with Gasteiger partial charge in [-0.25, -0.2) is 19.3 Å². The molecule has 1 atom stereocenters. The van der Waals surface area contributed by atoms with E-state index in [2.05, 4.69) is 88.2 Å². The van der Waals surface area contributed by atoms with E-state index in [4.69, 9.17) is 57.9 Å². The number of ether oxygens (including phenoxy) is 4. The topological polar surface area (TPSA) is 302 Å². The van der Waals surface area contributed by atoms with Crippen LogP contribution in [-0.4, -0.2) is 138 Å². The summed E-state index contributed by atoms with van der Waals surface area (Å²) in [4.78, 5) is 29.9. The summed E-state index contributed by atoms with van der Waals surface area (Å²) >= 11 is 13.1. The first-order chi connectivity index (χ1) is 47.2. The molecular weight excluding hydrogens is 1280 g/mol. The predicted octanol–water partition coefficient (Wildman–Crippen LogP) is 12.0. The zero-order valence-electron chi connectivity index (χ0n) is 55.9. The molecule has 0 bridgehead atoms. The van der Waals surface area contributed by atoms with Gasteiger partial charge < -0.3 is 40.6 Å². The van der Waals surface area contributed by atoms with Gasteiger partial charge in [-0.2, -0.15) is 10.5 Å². The molecule has 5 N–H and O–H groups in total. The minimum Gasteiger partial charge on any atom is -0.497 e. The SMILES string of the molecule is C.COc1ccc(Cn2nnnc2CC(C)=O)cc1.COc1ccc(Cn2nnnc2CC(C)NC2CCC(Cc3cc(-c4cccc(NCC5(C#N)CCOCC5)n4)c(Cl)cn3)CC2)cc1.N#CC1(CNc2cccc(-c3cc(CC4CCC(N)CC4)ncc3Cl)n2)CCOCC1. The van der Waals surface area contributed by atoms with Crippen molar-refractivity contribution < 1.29 is 23.7 Å². The van der Waals surface area contributed by atoms with Gasteiger partial charge in [0.05, 0.1) is 78.1 Å². The van der Waals surface area contributed by atoms with Crippen LogP contribution in [0.5, 0.6) is 11.5 Å². The first kappa shape index (κ1) is 73.7. The van der Waals surface area contributed by atoms with Crippen molar-refractivity contribution in [2.45, 2.75) is 155 Å². The monoisotopic (exact) mass is 1370 g/mol. The highest BCUT2D eigenvalue weighted by Gasteiger charge is 2.34. The number of Topliss-reactive ketones (excluding diaryl/α,β-unsaturated/α-hetero) is 1. The van der Waals surface area contributed by atoms with E-state index in [0.717, 1.165) is 170 Å². The predicted molar refractivity (Wildman–Crippen MR) is 378 cm³/mol. The second-order valence-corrected chi connectivity index (χ2v) is 26.9. The Balaban J connectivity index is 0.000000191. The molecule has 0 spiro atoms. The fourth-order valence-corrected chi connectivity index (χ4v) is 13.3. The Morgan fingerprint density at radius 2 is 1.09 bits per heavy atom. The summed E-state index contributed by atoms with van der Waals surface area (Å²) in [5, 5.41) is 55.0. The van der Waals surface area contributed by atoms with Crippen LogP contribution in [0.15, 0.2) is 109 Å². The zero-order valence-corrected chi connectivity index (χ0v) is 57.4. The Bertz CT molecular complexity index is 3890. The second-order valence-electron chi connectivity index (χ2n) is 26.1. The van der Waals surface area contributed by atoms with Crippen molar-refractivity contribution in [1.29, 1.82) is 10.5 Å². The highest BCUT2D eigenvalue weighted by atomic mass is 35.5. The summed E-state index contributed by atoms with van der Waals surface area (Å²) in [6.45, 7) is 8.49. The number of anilines is 2. The highest BCUT2D eigenvalue weighted by Crippen LogP contribution is 2.36. The van der Waals surface area contributed by atoms with Crippen LogP contribution in [0.2, 0.25) is 10.0 Å². The van der Waals surface area contributed by atoms with E-state index >= 15 is 0 Å². The number of pyridine rings is 4. The maximum Gasteiger partial charge on any atom is 0.159 e. The lowest BCUT2D eigenvalue weighted by Gasteiger charge is -2.31. The van der Waals surface area contributed by atoms with Crippen LogP contribution in [0.1, 0.15) is 132 Å². The molecule has 2 aliphatic carbocycles. The van der Waals surface area contributed by atoms with Gasteiger partial charge in [0.2, 0.25) is 0 Å². The molecule has 2 saturated carbocycles. The number of benzene rings is 2. The summed E-state index contributed by atoms with van der Waals surface area (Å²) < 4.78 is 24.8. The van der Waals surface area contributed by atoms with Crippen molar-refractivity contribution >= 4 is 40.6 Å². The number of rotatable bonds is 24. The number of nitrogens with two attached hydrogens (primary N) is 1. The quantitative estimate of drug-likeness (QED) is 0.0437. The number of tetrazole rings is 2. The average Bonchev–Trinajstić information content (AvgIpc) is 1.06. The molecule has 2 aliphatic heterocycles. The molecule has 4 fully saturated rings. The molecule has 0 amide bonds. The van der Waals surface area contributed by atoms with E-state index < -0.39 is 10.8 Å². The number of methoxy groups -OCH3 is 2. The lowest BCUT2D eigenvalue weighted by Crippen LogP contribution is -2.40. The van der Waals surface area contributed by atoms with Gasteiger partial charge in [0.1, 0.15) is 28.9 Å². The molecule has 2 saturated heterocycles. The largest absolute Gasteiger partial charge is 0.497 e. The molecule has 8 aromatic rings. The van der Waals surface area contributed by atoms with Crippen molar-refractivity contribution in [1.82, 2.24) is 65.7 Å². The van der Waals surface area contributed by atoms with Gasteiger partial charge in [-0.3, -0.25) is 14.8 Å². The van der Waals surface area contributed by atoms with Gasteiger partial charge in [0, 0.05) is 99.0 Å². The number of nitrogens with one attached hydrogen (secondary N) is 3. The molecule has 2 aromatic carbocycles. The minimum atomic E-state index is -0.430. The van der Waals surface area contributed by atoms with Gasteiger partial charge in [0.15, 0.2) is 11.6 Å². The van der Waals surface area contributed by atoms with Crippen LogP contribution in [0.3, 0.4) is 0 Å². The third-order valence-corrected chi connectivity index (χ3v) is 19.4. The lowest BCUT2D eigenvalue weighted by atomic mass is 9.82. The fraction of sp³-hybridized carbons (Fsp3) is 0.493. The fourth-order valence-electron chi connectivity index (χ4n) is 12.9. The number of hydrogen-bond acceptors (Lipinski definition) is 21. The Labute approximate surface area is 585 Å². The van der Waals surface area contributed by atoms with Gasteiger partial charge in [-0.15, -0.1) is 10.2 Å². The third-order valence-electron chi connectivity index (χ3n) is 18.8. The lowest BCUT2D eigenvalue weighted by molar-refractivity contribution is -0.116. The summed E-state index contributed by atoms with van der Waals surface area (Å²) in [5.41, 5.74) is 12.8. The highest BCUT2D eigenvalue weighted by molar-refractivity contribution is 6.33. The number of nitrogens with zero attached hydrogens (tertiary/aromatic N) is 14. The Kier molecular flexibility index (Phi) is 27.3. The van der Waals surface area contributed by atoms with E-state index in [1.54, 1.807) is 31.3 Å². The number of halogens is 2. The van der Waals surface area contributed by atoms with E-state index in [-0.39, 0.29) is 25.7 Å². The van der Waals surface area contributed by atoms with Gasteiger partial charge in [0.25, 0.3) is 0 Å². The molecule has 1 unspecified atom stereocenters. The zero-order chi connectivity index (χ0) is 68.0.